The first kappa shape index (κ1) is 15.6. The van der Waals surface area contributed by atoms with Crippen LogP contribution in [0, 0.1) is 11.6 Å². The van der Waals surface area contributed by atoms with Gasteiger partial charge < -0.3 is 5.11 Å². The highest BCUT2D eigenvalue weighted by molar-refractivity contribution is 7.15. The summed E-state index contributed by atoms with van der Waals surface area (Å²) in [6.45, 7) is 5.65. The largest absolute Gasteiger partial charge is 0.481 e. The van der Waals surface area contributed by atoms with Gasteiger partial charge in [-0.05, 0) is 12.1 Å². The summed E-state index contributed by atoms with van der Waals surface area (Å²) in [6.07, 6.45) is -0.208. The molecule has 112 valence electrons. The normalized spacial score (nSPS) is 11.7. The Balaban J connectivity index is 2.61. The summed E-state index contributed by atoms with van der Waals surface area (Å²) in [5.41, 5.74) is -0.0430. The van der Waals surface area contributed by atoms with Gasteiger partial charge in [-0.25, -0.2) is 13.8 Å². The number of rotatable bonds is 3. The summed E-state index contributed by atoms with van der Waals surface area (Å²) in [5.74, 6) is -2.40. The molecule has 0 aliphatic rings. The number of carboxylic acid groups (broad SMARTS) is 1. The molecule has 21 heavy (non-hydrogen) atoms. The lowest BCUT2D eigenvalue weighted by molar-refractivity contribution is -0.136. The first-order chi connectivity index (χ1) is 9.70. The third-order valence-corrected chi connectivity index (χ3v) is 3.97. The van der Waals surface area contributed by atoms with E-state index in [1.54, 1.807) is 0 Å². The summed E-state index contributed by atoms with van der Waals surface area (Å²) in [6, 6.07) is 3.60. The number of carbonyl (C=O) groups is 1. The Morgan fingerprint density at radius 2 is 1.86 bits per heavy atom. The molecule has 0 saturated carbocycles. The van der Waals surface area contributed by atoms with Gasteiger partial charge in [0.05, 0.1) is 17.7 Å². The molecule has 0 aliphatic heterocycles. The fourth-order valence-electron chi connectivity index (χ4n) is 2.00. The molecule has 0 unspecified atom stereocenters. The lowest BCUT2D eigenvalue weighted by Crippen LogP contribution is -2.15. The van der Waals surface area contributed by atoms with Gasteiger partial charge >= 0.3 is 5.97 Å². The van der Waals surface area contributed by atoms with Crippen LogP contribution in [0.2, 0.25) is 0 Å². The van der Waals surface area contributed by atoms with Crippen LogP contribution in [0.3, 0.4) is 0 Å². The number of hydrogen-bond acceptors (Lipinski definition) is 3. The molecule has 0 aliphatic carbocycles. The molecule has 1 N–H and O–H groups in total. The lowest BCUT2D eigenvalue weighted by atomic mass is 9.91. The van der Waals surface area contributed by atoms with Crippen LogP contribution >= 0.6 is 11.3 Å². The van der Waals surface area contributed by atoms with Crippen LogP contribution in [0.25, 0.3) is 10.6 Å². The molecule has 0 saturated heterocycles. The molecule has 1 aromatic heterocycles. The number of aliphatic carboxylic acids is 1. The van der Waals surface area contributed by atoms with Crippen LogP contribution in [0.4, 0.5) is 8.78 Å². The second-order valence-electron chi connectivity index (χ2n) is 5.71. The van der Waals surface area contributed by atoms with Gasteiger partial charge in [0.25, 0.3) is 0 Å². The van der Waals surface area contributed by atoms with E-state index in [4.69, 9.17) is 5.11 Å². The SMILES string of the molecule is CC(C)(C)c1nc(-c2c(F)cccc2F)sc1CC(=O)O. The average Bonchev–Trinajstić information content (AvgIpc) is 2.71. The van der Waals surface area contributed by atoms with Gasteiger partial charge in [-0.3, -0.25) is 4.79 Å². The van der Waals surface area contributed by atoms with Crippen molar-refractivity contribution in [2.24, 2.45) is 0 Å². The minimum absolute atomic E-state index is 0.173. The molecular weight excluding hydrogens is 296 g/mol. The van der Waals surface area contributed by atoms with Crippen molar-refractivity contribution in [3.8, 4) is 10.6 Å². The lowest BCUT2D eigenvalue weighted by Gasteiger charge is -2.17. The smallest absolute Gasteiger partial charge is 0.308 e. The molecule has 0 radical (unpaired) electrons. The number of benzene rings is 1. The Labute approximate surface area is 125 Å². The fourth-order valence-corrected chi connectivity index (χ4v) is 3.32. The average molecular weight is 311 g/mol. The number of thiazole rings is 1. The topological polar surface area (TPSA) is 50.2 Å². The van der Waals surface area contributed by atoms with Gasteiger partial charge in [-0.2, -0.15) is 0 Å². The molecule has 2 rings (SSSR count). The number of halogens is 2. The van der Waals surface area contributed by atoms with Gasteiger partial charge in [0.15, 0.2) is 0 Å². The summed E-state index contributed by atoms with van der Waals surface area (Å²) in [4.78, 5) is 15.8. The zero-order chi connectivity index (χ0) is 15.8. The van der Waals surface area contributed by atoms with Crippen molar-refractivity contribution in [2.75, 3.05) is 0 Å². The predicted octanol–water partition coefficient (Wildman–Crippen LogP) is 4.01. The molecule has 3 nitrogen and oxygen atoms in total. The Bertz CT molecular complexity index is 669. The quantitative estimate of drug-likeness (QED) is 0.931. The molecule has 1 heterocycles. The maximum absolute atomic E-state index is 13.8. The molecule has 1 aromatic carbocycles. The summed E-state index contributed by atoms with van der Waals surface area (Å²) >= 11 is 1.02. The molecule has 0 amide bonds. The molecule has 2 aromatic rings. The molecule has 0 spiro atoms. The maximum atomic E-state index is 13.8. The van der Waals surface area contributed by atoms with Gasteiger partial charge in [0.2, 0.25) is 0 Å². The van der Waals surface area contributed by atoms with Gasteiger partial charge in [0, 0.05) is 10.3 Å². The zero-order valence-electron chi connectivity index (χ0n) is 11.9. The van der Waals surface area contributed by atoms with Gasteiger partial charge in [-0.15, -0.1) is 11.3 Å². The van der Waals surface area contributed by atoms with Crippen LogP contribution in [-0.4, -0.2) is 16.1 Å². The van der Waals surface area contributed by atoms with Crippen molar-refractivity contribution < 1.29 is 18.7 Å². The van der Waals surface area contributed by atoms with E-state index < -0.39 is 23.0 Å². The zero-order valence-corrected chi connectivity index (χ0v) is 12.7. The molecule has 0 atom stereocenters. The van der Waals surface area contributed by atoms with Gasteiger partial charge in [0.1, 0.15) is 16.6 Å². The summed E-state index contributed by atoms with van der Waals surface area (Å²) < 4.78 is 27.7. The standard InChI is InChI=1S/C15H15F2NO2S/c1-15(2,3)13-10(7-11(19)20)21-14(18-13)12-8(16)5-4-6-9(12)17/h4-6H,7H2,1-3H3,(H,19,20). The molecule has 0 bridgehead atoms. The van der Waals surface area contributed by atoms with Crippen molar-refractivity contribution in [1.82, 2.24) is 4.98 Å². The molecular formula is C15H15F2NO2S. The highest BCUT2D eigenvalue weighted by Crippen LogP contribution is 2.36. The Morgan fingerprint density at radius 1 is 1.29 bits per heavy atom. The van der Waals surface area contributed by atoms with E-state index >= 15 is 0 Å². The Morgan fingerprint density at radius 3 is 2.33 bits per heavy atom. The highest BCUT2D eigenvalue weighted by atomic mass is 32.1. The minimum Gasteiger partial charge on any atom is -0.481 e. The fraction of sp³-hybridized carbons (Fsp3) is 0.333. The van der Waals surface area contributed by atoms with E-state index in [1.807, 2.05) is 20.8 Å². The Hall–Kier alpha value is -1.82. The van der Waals surface area contributed by atoms with Crippen molar-refractivity contribution in [1.29, 1.82) is 0 Å². The monoisotopic (exact) mass is 311 g/mol. The van der Waals surface area contributed by atoms with Crippen LogP contribution in [0.5, 0.6) is 0 Å². The maximum Gasteiger partial charge on any atom is 0.308 e. The van der Waals surface area contributed by atoms with Crippen LogP contribution in [-0.2, 0) is 16.6 Å². The number of aromatic nitrogens is 1. The van der Waals surface area contributed by atoms with E-state index in [0.29, 0.717) is 10.6 Å². The first-order valence-corrected chi connectivity index (χ1v) is 7.18. The summed E-state index contributed by atoms with van der Waals surface area (Å²) in [5, 5.41) is 9.15. The predicted molar refractivity (Wildman–Crippen MR) is 77.5 cm³/mol. The van der Waals surface area contributed by atoms with E-state index in [1.165, 1.54) is 6.07 Å². The third-order valence-electron chi connectivity index (χ3n) is 2.90. The van der Waals surface area contributed by atoms with Crippen LogP contribution in [0.1, 0.15) is 31.3 Å². The van der Waals surface area contributed by atoms with Crippen molar-refractivity contribution in [3.63, 3.8) is 0 Å². The minimum atomic E-state index is -0.996. The molecule has 6 heteroatoms. The van der Waals surface area contributed by atoms with Crippen molar-refractivity contribution >= 4 is 17.3 Å². The van der Waals surface area contributed by atoms with E-state index in [9.17, 15) is 13.6 Å². The van der Waals surface area contributed by atoms with Gasteiger partial charge in [-0.1, -0.05) is 26.8 Å². The second kappa shape index (κ2) is 5.52. The van der Waals surface area contributed by atoms with Crippen LogP contribution in [0.15, 0.2) is 18.2 Å². The summed E-state index contributed by atoms with van der Waals surface area (Å²) in [7, 11) is 0. The van der Waals surface area contributed by atoms with Crippen molar-refractivity contribution in [3.05, 3.63) is 40.4 Å². The van der Waals surface area contributed by atoms with E-state index in [0.717, 1.165) is 23.5 Å². The van der Waals surface area contributed by atoms with E-state index in [-0.39, 0.29) is 17.0 Å². The number of hydrogen-bond donors (Lipinski definition) is 1. The Kier molecular flexibility index (Phi) is 4.09. The molecule has 0 fully saturated rings. The second-order valence-corrected chi connectivity index (χ2v) is 6.79. The first-order valence-electron chi connectivity index (χ1n) is 6.36. The van der Waals surface area contributed by atoms with Crippen molar-refractivity contribution in [2.45, 2.75) is 32.6 Å². The third kappa shape index (κ3) is 3.26. The van der Waals surface area contributed by atoms with Crippen LogP contribution < -0.4 is 0 Å². The number of nitrogens with zero attached hydrogens (tertiary/aromatic N) is 1. The van der Waals surface area contributed by atoms with E-state index in [2.05, 4.69) is 4.98 Å². The highest BCUT2D eigenvalue weighted by Gasteiger charge is 2.26. The number of carboxylic acids is 1.